The maximum atomic E-state index is 10.5. The van der Waals surface area contributed by atoms with E-state index >= 15 is 0 Å². The molecule has 0 aromatic heterocycles. The third kappa shape index (κ3) is 2.33. The van der Waals surface area contributed by atoms with Crippen molar-refractivity contribution < 1.29 is 15.0 Å². The van der Waals surface area contributed by atoms with E-state index in [-0.39, 0.29) is 18.4 Å². The highest BCUT2D eigenvalue weighted by Gasteiger charge is 2.34. The van der Waals surface area contributed by atoms with Crippen LogP contribution in [0.5, 0.6) is 0 Å². The Balaban J connectivity index is 0.00000121. The lowest BCUT2D eigenvalue weighted by atomic mass is 9.83. The normalized spacial score (nSPS) is 35.3. The lowest BCUT2D eigenvalue weighted by molar-refractivity contribution is -0.147. The summed E-state index contributed by atoms with van der Waals surface area (Å²) in [5.74, 6) is -1.59. The first-order chi connectivity index (χ1) is 5.13. The summed E-state index contributed by atoms with van der Waals surface area (Å²) < 4.78 is 0. The number of rotatable bonds is 1. The first-order valence-electron chi connectivity index (χ1n) is 3.79. The van der Waals surface area contributed by atoms with E-state index in [0.29, 0.717) is 6.42 Å². The van der Waals surface area contributed by atoms with Crippen molar-refractivity contribution in [3.05, 3.63) is 0 Å². The average Bonchev–Trinajstić information content (AvgIpc) is 1.94. The van der Waals surface area contributed by atoms with Gasteiger partial charge in [-0.25, -0.2) is 0 Å². The van der Waals surface area contributed by atoms with Crippen molar-refractivity contribution in [3.8, 4) is 0 Å². The predicted octanol–water partition coefficient (Wildman–Crippen LogP) is -0.0189. The zero-order chi connectivity index (χ0) is 8.43. The minimum atomic E-state index is -0.937. The van der Waals surface area contributed by atoms with Gasteiger partial charge in [0.1, 0.15) is 0 Å². The van der Waals surface area contributed by atoms with Gasteiger partial charge in [0.05, 0.1) is 12.0 Å². The highest BCUT2D eigenvalue weighted by atomic mass is 35.5. The highest BCUT2D eigenvalue weighted by Crippen LogP contribution is 2.23. The van der Waals surface area contributed by atoms with E-state index < -0.39 is 18.0 Å². The van der Waals surface area contributed by atoms with Gasteiger partial charge in [-0.3, -0.25) is 4.79 Å². The minimum absolute atomic E-state index is 0. The molecule has 1 rings (SSSR count). The van der Waals surface area contributed by atoms with Crippen LogP contribution >= 0.6 is 12.4 Å². The van der Waals surface area contributed by atoms with Gasteiger partial charge in [0, 0.05) is 6.04 Å². The molecule has 1 fully saturated rings. The van der Waals surface area contributed by atoms with Crippen LogP contribution in [0, 0.1) is 5.92 Å². The van der Waals surface area contributed by atoms with Gasteiger partial charge in [0.2, 0.25) is 0 Å². The molecule has 1 saturated carbocycles. The van der Waals surface area contributed by atoms with Crippen LogP contribution in [0.15, 0.2) is 0 Å². The van der Waals surface area contributed by atoms with E-state index in [2.05, 4.69) is 0 Å². The molecule has 1 aliphatic carbocycles. The molecule has 12 heavy (non-hydrogen) atoms. The Bertz CT molecular complexity index is 165. The fourth-order valence-corrected chi connectivity index (χ4v) is 1.48. The van der Waals surface area contributed by atoms with E-state index in [0.717, 1.165) is 12.8 Å². The van der Waals surface area contributed by atoms with Crippen LogP contribution < -0.4 is 5.73 Å². The van der Waals surface area contributed by atoms with Crippen molar-refractivity contribution in [1.29, 1.82) is 0 Å². The van der Waals surface area contributed by atoms with Gasteiger partial charge in [0.15, 0.2) is 0 Å². The summed E-state index contributed by atoms with van der Waals surface area (Å²) in [5.41, 5.74) is 5.49. The van der Waals surface area contributed by atoms with Crippen LogP contribution in [-0.2, 0) is 4.79 Å². The van der Waals surface area contributed by atoms with Gasteiger partial charge in [0.25, 0.3) is 0 Å². The summed E-state index contributed by atoms with van der Waals surface area (Å²) in [6.07, 6.45) is 1.21. The van der Waals surface area contributed by atoms with Crippen LogP contribution in [0.1, 0.15) is 19.3 Å². The van der Waals surface area contributed by atoms with E-state index in [1.165, 1.54) is 0 Å². The summed E-state index contributed by atoms with van der Waals surface area (Å²) in [5, 5.41) is 17.9. The molecular formula is C7H14ClNO3. The van der Waals surface area contributed by atoms with Crippen LogP contribution in [-0.4, -0.2) is 28.3 Å². The largest absolute Gasteiger partial charge is 0.481 e. The van der Waals surface area contributed by atoms with Crippen LogP contribution in [0.2, 0.25) is 0 Å². The topological polar surface area (TPSA) is 83.6 Å². The molecular weight excluding hydrogens is 182 g/mol. The van der Waals surface area contributed by atoms with Gasteiger partial charge >= 0.3 is 5.97 Å². The van der Waals surface area contributed by atoms with Gasteiger partial charge in [-0.2, -0.15) is 0 Å². The molecule has 72 valence electrons. The molecule has 0 aromatic rings. The summed E-state index contributed by atoms with van der Waals surface area (Å²) in [6.45, 7) is 0. The molecule has 0 aromatic carbocycles. The van der Waals surface area contributed by atoms with Crippen LogP contribution in [0.25, 0.3) is 0 Å². The third-order valence-electron chi connectivity index (χ3n) is 2.22. The second-order valence-electron chi connectivity index (χ2n) is 3.03. The molecule has 0 aliphatic heterocycles. The van der Waals surface area contributed by atoms with Gasteiger partial charge < -0.3 is 15.9 Å². The van der Waals surface area contributed by atoms with Crippen molar-refractivity contribution in [3.63, 3.8) is 0 Å². The van der Waals surface area contributed by atoms with Crippen LogP contribution in [0.3, 0.4) is 0 Å². The summed E-state index contributed by atoms with van der Waals surface area (Å²) in [7, 11) is 0. The summed E-state index contributed by atoms with van der Waals surface area (Å²) in [6, 6.07) is -0.357. The first-order valence-corrected chi connectivity index (χ1v) is 3.79. The van der Waals surface area contributed by atoms with E-state index in [9.17, 15) is 9.90 Å². The second kappa shape index (κ2) is 4.64. The Morgan fingerprint density at radius 1 is 1.42 bits per heavy atom. The third-order valence-corrected chi connectivity index (χ3v) is 2.22. The van der Waals surface area contributed by atoms with Gasteiger partial charge in [-0.1, -0.05) is 6.42 Å². The fourth-order valence-electron chi connectivity index (χ4n) is 1.48. The zero-order valence-electron chi connectivity index (χ0n) is 6.64. The lowest BCUT2D eigenvalue weighted by Gasteiger charge is -2.29. The van der Waals surface area contributed by atoms with Gasteiger partial charge in [-0.05, 0) is 12.8 Å². The molecule has 5 heteroatoms. The number of carboxylic acid groups (broad SMARTS) is 1. The molecule has 4 N–H and O–H groups in total. The number of aliphatic carboxylic acids is 1. The maximum absolute atomic E-state index is 10.5. The molecule has 0 radical (unpaired) electrons. The number of carboxylic acids is 1. The maximum Gasteiger partial charge on any atom is 0.309 e. The molecule has 1 aliphatic rings. The molecule has 0 heterocycles. The molecule has 4 nitrogen and oxygen atoms in total. The Hall–Kier alpha value is -0.320. The lowest BCUT2D eigenvalue weighted by Crippen LogP contribution is -2.46. The Kier molecular flexibility index (Phi) is 4.52. The quantitative estimate of drug-likeness (QED) is 0.549. The predicted molar refractivity (Wildman–Crippen MR) is 46.2 cm³/mol. The molecule has 0 amide bonds. The van der Waals surface area contributed by atoms with Crippen LogP contribution in [0.4, 0.5) is 0 Å². The zero-order valence-corrected chi connectivity index (χ0v) is 7.46. The SMILES string of the molecule is Cl.N[C@@H]1CCC[C@H](C(=O)O)[C@@H]1O. The summed E-state index contributed by atoms with van der Waals surface area (Å²) in [4.78, 5) is 10.5. The number of aliphatic hydroxyl groups is 1. The van der Waals surface area contributed by atoms with Gasteiger partial charge in [-0.15, -0.1) is 12.4 Å². The number of carbonyl (C=O) groups is 1. The highest BCUT2D eigenvalue weighted by molar-refractivity contribution is 5.85. The monoisotopic (exact) mass is 195 g/mol. The molecule has 0 unspecified atom stereocenters. The van der Waals surface area contributed by atoms with Crippen molar-refractivity contribution in [2.45, 2.75) is 31.4 Å². The van der Waals surface area contributed by atoms with E-state index in [4.69, 9.17) is 10.8 Å². The smallest absolute Gasteiger partial charge is 0.309 e. The number of hydrogen-bond acceptors (Lipinski definition) is 3. The number of hydrogen-bond donors (Lipinski definition) is 3. The van der Waals surface area contributed by atoms with Crippen molar-refractivity contribution in [1.82, 2.24) is 0 Å². The summed E-state index contributed by atoms with van der Waals surface area (Å²) >= 11 is 0. The Morgan fingerprint density at radius 3 is 2.42 bits per heavy atom. The molecule has 0 bridgehead atoms. The van der Waals surface area contributed by atoms with Crippen molar-refractivity contribution in [2.24, 2.45) is 11.7 Å². The van der Waals surface area contributed by atoms with E-state index in [1.807, 2.05) is 0 Å². The Labute approximate surface area is 77.2 Å². The standard InChI is InChI=1S/C7H13NO3.ClH/c8-5-3-1-2-4(6(5)9)7(10)11;/h4-6,9H,1-3,8H2,(H,10,11);1H/t4-,5+,6-;/m0./s1. The second-order valence-corrected chi connectivity index (χ2v) is 3.03. The number of halogens is 1. The van der Waals surface area contributed by atoms with E-state index in [1.54, 1.807) is 0 Å². The first kappa shape index (κ1) is 11.7. The fraction of sp³-hybridized carbons (Fsp3) is 0.857. The minimum Gasteiger partial charge on any atom is -0.481 e. The molecule has 0 spiro atoms. The Morgan fingerprint density at radius 2 is 2.00 bits per heavy atom. The number of nitrogens with two attached hydrogens (primary N) is 1. The van der Waals surface area contributed by atoms with Crippen molar-refractivity contribution in [2.75, 3.05) is 0 Å². The average molecular weight is 196 g/mol. The number of aliphatic hydroxyl groups excluding tert-OH is 1. The molecule has 0 saturated heterocycles. The molecule has 3 atom stereocenters. The van der Waals surface area contributed by atoms with Crippen molar-refractivity contribution >= 4 is 18.4 Å².